The molecule has 8 heteroatoms. The average molecular weight is 303 g/mol. The Balaban J connectivity index is 0.000000281. The molecule has 88 valence electrons. The van der Waals surface area contributed by atoms with E-state index in [9.17, 15) is 4.79 Å². The topological polar surface area (TPSA) is 69.9 Å². The Morgan fingerprint density at radius 2 is 2.06 bits per heavy atom. The molecule has 0 atom stereocenters. The van der Waals surface area contributed by atoms with Crippen molar-refractivity contribution in [2.75, 3.05) is 0 Å². The van der Waals surface area contributed by atoms with E-state index in [-0.39, 0.29) is 0 Å². The zero-order chi connectivity index (χ0) is 12.6. The number of halogens is 3. The van der Waals surface area contributed by atoms with E-state index < -0.39 is 15.5 Å². The van der Waals surface area contributed by atoms with Gasteiger partial charge >= 0.3 is 5.97 Å². The molecular formula is C8H6Cl3NO3S. The number of oxime groups is 1. The fourth-order valence-electron chi connectivity index (χ4n) is 0.496. The fraction of sp³-hybridized carbons (Fsp3) is 0. The molecule has 1 rings (SSSR count). The molecule has 1 heterocycles. The number of carbonyl (C=O) groups is 1. The molecule has 0 spiro atoms. The van der Waals surface area contributed by atoms with Crippen LogP contribution in [0.15, 0.2) is 31.5 Å². The molecule has 0 radical (unpaired) electrons. The highest BCUT2D eigenvalue weighted by Gasteiger charge is 2.06. The van der Waals surface area contributed by atoms with E-state index >= 15 is 0 Å². The van der Waals surface area contributed by atoms with Crippen LogP contribution in [-0.4, -0.2) is 22.5 Å². The Morgan fingerprint density at radius 1 is 1.44 bits per heavy atom. The Labute approximate surface area is 110 Å². The summed E-state index contributed by atoms with van der Waals surface area (Å²) in [6.45, 7) is 0. The second-order valence-corrected chi connectivity index (χ2v) is 4.29. The minimum absolute atomic E-state index is 0.431. The highest BCUT2D eigenvalue weighted by Crippen LogP contribution is 2.16. The van der Waals surface area contributed by atoms with Crippen LogP contribution in [0.3, 0.4) is 0 Å². The van der Waals surface area contributed by atoms with Crippen molar-refractivity contribution in [3.8, 4) is 0 Å². The summed E-state index contributed by atoms with van der Waals surface area (Å²) in [4.78, 5) is 9.78. The lowest BCUT2D eigenvalue weighted by atomic mass is 10.4. The molecule has 0 aliphatic rings. The van der Waals surface area contributed by atoms with Crippen molar-refractivity contribution in [2.45, 2.75) is 0 Å². The number of aliphatic carboxylic acids is 1. The first-order chi connectivity index (χ1) is 7.49. The zero-order valence-electron chi connectivity index (χ0n) is 7.60. The molecule has 16 heavy (non-hydrogen) atoms. The minimum atomic E-state index is -1.33. The van der Waals surface area contributed by atoms with Crippen LogP contribution in [0.1, 0.15) is 5.56 Å². The minimum Gasteiger partial charge on any atom is -0.477 e. The van der Waals surface area contributed by atoms with Gasteiger partial charge in [-0.3, -0.25) is 0 Å². The Morgan fingerprint density at radius 3 is 2.31 bits per heavy atom. The molecule has 0 saturated carbocycles. The third-order valence-electron chi connectivity index (χ3n) is 1.10. The summed E-state index contributed by atoms with van der Waals surface area (Å²) >= 11 is 16.5. The second-order valence-electron chi connectivity index (χ2n) is 2.18. The van der Waals surface area contributed by atoms with E-state index in [1.807, 2.05) is 16.8 Å². The Kier molecular flexibility index (Phi) is 8.01. The van der Waals surface area contributed by atoms with Crippen molar-refractivity contribution < 1.29 is 15.1 Å². The van der Waals surface area contributed by atoms with Gasteiger partial charge in [0.1, 0.15) is 4.49 Å². The van der Waals surface area contributed by atoms with Gasteiger partial charge in [-0.1, -0.05) is 40.0 Å². The number of hydrogen-bond acceptors (Lipinski definition) is 4. The third kappa shape index (κ3) is 6.68. The van der Waals surface area contributed by atoms with Crippen LogP contribution in [0.2, 0.25) is 0 Å². The highest BCUT2D eigenvalue weighted by atomic mass is 35.5. The standard InChI is InChI=1S/C5H5NOS.C3HCl3O2/c7-6-3-5-1-2-8-4-5;4-1(2(5)6)3(7)8/h1-4,7H;(H,7,8). The van der Waals surface area contributed by atoms with Gasteiger partial charge in [0.15, 0.2) is 5.03 Å². The summed E-state index contributed by atoms with van der Waals surface area (Å²) in [7, 11) is 0. The number of rotatable bonds is 2. The summed E-state index contributed by atoms with van der Waals surface area (Å²) in [6.07, 6.45) is 1.40. The number of nitrogens with zero attached hydrogens (tertiary/aromatic N) is 1. The van der Waals surface area contributed by atoms with Crippen molar-refractivity contribution in [3.05, 3.63) is 31.9 Å². The Bertz CT molecular complexity index is 385. The molecule has 0 aromatic carbocycles. The maximum Gasteiger partial charge on any atom is 0.349 e. The number of hydrogen-bond donors (Lipinski definition) is 2. The van der Waals surface area contributed by atoms with Crippen molar-refractivity contribution >= 4 is 58.3 Å². The van der Waals surface area contributed by atoms with Gasteiger partial charge in [-0.25, -0.2) is 4.79 Å². The Hall–Kier alpha value is -0.750. The van der Waals surface area contributed by atoms with Crippen LogP contribution in [0.25, 0.3) is 0 Å². The predicted octanol–water partition coefficient (Wildman–Crippen LogP) is 3.51. The van der Waals surface area contributed by atoms with Crippen LogP contribution >= 0.6 is 46.1 Å². The van der Waals surface area contributed by atoms with Crippen molar-refractivity contribution in [2.24, 2.45) is 5.16 Å². The summed E-state index contributed by atoms with van der Waals surface area (Å²) in [5.74, 6) is -1.33. The normalized spacial score (nSPS) is 9.44. The lowest BCUT2D eigenvalue weighted by Gasteiger charge is -1.85. The van der Waals surface area contributed by atoms with Gasteiger partial charge in [0.2, 0.25) is 0 Å². The van der Waals surface area contributed by atoms with Gasteiger partial charge < -0.3 is 10.3 Å². The average Bonchev–Trinajstić information content (AvgIpc) is 2.70. The summed E-state index contributed by atoms with van der Waals surface area (Å²) in [5.41, 5.74) is 0.942. The largest absolute Gasteiger partial charge is 0.477 e. The lowest BCUT2D eigenvalue weighted by molar-refractivity contribution is -0.131. The van der Waals surface area contributed by atoms with Gasteiger partial charge in [0.05, 0.1) is 6.21 Å². The zero-order valence-corrected chi connectivity index (χ0v) is 10.7. The van der Waals surface area contributed by atoms with E-state index in [4.69, 9.17) is 45.1 Å². The lowest BCUT2D eigenvalue weighted by Crippen LogP contribution is -1.93. The van der Waals surface area contributed by atoms with E-state index in [1.54, 1.807) is 11.3 Å². The predicted molar refractivity (Wildman–Crippen MR) is 65.9 cm³/mol. The van der Waals surface area contributed by atoms with Gasteiger partial charge in [-0.15, -0.1) is 0 Å². The first-order valence-corrected chi connectivity index (χ1v) is 5.70. The molecule has 0 aliphatic heterocycles. The van der Waals surface area contributed by atoms with Gasteiger partial charge in [-0.2, -0.15) is 11.3 Å². The molecule has 2 N–H and O–H groups in total. The monoisotopic (exact) mass is 301 g/mol. The summed E-state index contributed by atoms with van der Waals surface area (Å²) in [6, 6.07) is 1.88. The molecule has 1 aromatic rings. The van der Waals surface area contributed by atoms with Crippen LogP contribution in [0.4, 0.5) is 0 Å². The second kappa shape index (κ2) is 8.41. The van der Waals surface area contributed by atoms with E-state index in [1.165, 1.54) is 6.21 Å². The molecule has 0 amide bonds. The molecule has 0 saturated heterocycles. The van der Waals surface area contributed by atoms with Crippen molar-refractivity contribution in [3.63, 3.8) is 0 Å². The molecule has 0 bridgehead atoms. The van der Waals surface area contributed by atoms with E-state index in [2.05, 4.69) is 5.16 Å². The third-order valence-corrected chi connectivity index (χ3v) is 2.73. The molecule has 4 nitrogen and oxygen atoms in total. The molecular weight excluding hydrogens is 297 g/mol. The first-order valence-electron chi connectivity index (χ1n) is 3.62. The smallest absolute Gasteiger partial charge is 0.349 e. The van der Waals surface area contributed by atoms with Gasteiger partial charge in [0.25, 0.3) is 0 Å². The number of carboxylic acid groups (broad SMARTS) is 1. The maximum absolute atomic E-state index is 9.78. The summed E-state index contributed by atoms with van der Waals surface area (Å²) in [5, 5.41) is 22.1. The fourth-order valence-corrected chi connectivity index (χ4v) is 1.27. The molecule has 0 aliphatic carbocycles. The quantitative estimate of drug-likeness (QED) is 0.380. The van der Waals surface area contributed by atoms with Gasteiger partial charge in [-0.05, 0) is 16.8 Å². The SMILES string of the molecule is O=C(O)C(Cl)=C(Cl)Cl.ON=Cc1ccsc1. The van der Waals surface area contributed by atoms with Crippen LogP contribution in [-0.2, 0) is 4.79 Å². The molecule has 0 unspecified atom stereocenters. The van der Waals surface area contributed by atoms with Crippen LogP contribution in [0.5, 0.6) is 0 Å². The number of carboxylic acids is 1. The van der Waals surface area contributed by atoms with Crippen molar-refractivity contribution in [1.29, 1.82) is 0 Å². The van der Waals surface area contributed by atoms with E-state index in [0.29, 0.717) is 0 Å². The molecule has 0 fully saturated rings. The highest BCUT2D eigenvalue weighted by molar-refractivity contribution is 7.08. The van der Waals surface area contributed by atoms with Crippen LogP contribution in [0, 0.1) is 0 Å². The van der Waals surface area contributed by atoms with Crippen molar-refractivity contribution in [1.82, 2.24) is 0 Å². The maximum atomic E-state index is 9.78. The molecule has 1 aromatic heterocycles. The van der Waals surface area contributed by atoms with Crippen LogP contribution < -0.4 is 0 Å². The van der Waals surface area contributed by atoms with Gasteiger partial charge in [0, 0.05) is 5.56 Å². The summed E-state index contributed by atoms with van der Waals surface area (Å²) < 4.78 is -0.431. The number of thiophene rings is 1. The first kappa shape index (κ1) is 15.2. The van der Waals surface area contributed by atoms with E-state index in [0.717, 1.165) is 5.56 Å².